The van der Waals surface area contributed by atoms with Crippen molar-refractivity contribution in [3.05, 3.63) is 30.1 Å². The van der Waals surface area contributed by atoms with Gasteiger partial charge >= 0.3 is 0 Å². The van der Waals surface area contributed by atoms with Gasteiger partial charge in [-0.25, -0.2) is 0 Å². The van der Waals surface area contributed by atoms with E-state index in [4.69, 9.17) is 9.47 Å². The number of carbonyl (C=O) groups excluding carboxylic acids is 1. The Balaban J connectivity index is 1.22. The standard InChI is InChI=1S/C21H30N2O3/c24-20(13-17-3-1-2-4-17)23-11-7-21(8-12-23)14-19(16-26-21)25-15-18-5-9-22-10-6-18/h5-6,9-10,17,19H,1-4,7-8,11-16H2/t19-/m1/s1. The number of amides is 1. The highest BCUT2D eigenvalue weighted by molar-refractivity contribution is 5.76. The van der Waals surface area contributed by atoms with Gasteiger partial charge in [0.15, 0.2) is 0 Å². The summed E-state index contributed by atoms with van der Waals surface area (Å²) < 4.78 is 12.2. The molecule has 5 nitrogen and oxygen atoms in total. The Morgan fingerprint density at radius 3 is 2.69 bits per heavy atom. The first-order valence-electron chi connectivity index (χ1n) is 10.1. The van der Waals surface area contributed by atoms with Crippen LogP contribution in [0.5, 0.6) is 0 Å². The van der Waals surface area contributed by atoms with Crippen LogP contribution in [-0.2, 0) is 20.9 Å². The van der Waals surface area contributed by atoms with Crippen molar-refractivity contribution >= 4 is 5.91 Å². The third-order valence-electron chi connectivity index (χ3n) is 6.38. The van der Waals surface area contributed by atoms with E-state index in [0.29, 0.717) is 25.0 Å². The molecule has 1 spiro atoms. The summed E-state index contributed by atoms with van der Waals surface area (Å²) >= 11 is 0. The van der Waals surface area contributed by atoms with Crippen LogP contribution < -0.4 is 0 Å². The van der Waals surface area contributed by atoms with Crippen LogP contribution in [0, 0.1) is 5.92 Å². The lowest BCUT2D eigenvalue weighted by molar-refractivity contribution is -0.137. The molecule has 26 heavy (non-hydrogen) atoms. The molecule has 3 fully saturated rings. The SMILES string of the molecule is O=C(CC1CCCC1)N1CCC2(CC1)C[C@@H](OCc1ccncc1)CO2. The molecule has 3 heterocycles. The molecule has 1 atom stereocenters. The Morgan fingerprint density at radius 1 is 1.23 bits per heavy atom. The van der Waals surface area contributed by atoms with E-state index >= 15 is 0 Å². The van der Waals surface area contributed by atoms with Crippen LogP contribution in [0.1, 0.15) is 56.9 Å². The van der Waals surface area contributed by atoms with Crippen LogP contribution in [0.15, 0.2) is 24.5 Å². The third-order valence-corrected chi connectivity index (χ3v) is 6.38. The minimum absolute atomic E-state index is 0.0763. The first-order chi connectivity index (χ1) is 12.7. The lowest BCUT2D eigenvalue weighted by Crippen LogP contribution is -2.46. The van der Waals surface area contributed by atoms with Crippen molar-refractivity contribution in [1.82, 2.24) is 9.88 Å². The molecule has 1 amide bonds. The number of hydrogen-bond acceptors (Lipinski definition) is 4. The number of piperidine rings is 1. The predicted molar refractivity (Wildman–Crippen MR) is 98.5 cm³/mol. The molecule has 0 aromatic carbocycles. The predicted octanol–water partition coefficient (Wildman–Crippen LogP) is 3.33. The molecule has 3 aliphatic rings. The Kier molecular flexibility index (Phi) is 5.55. The van der Waals surface area contributed by atoms with Gasteiger partial charge in [0.2, 0.25) is 5.91 Å². The lowest BCUT2D eigenvalue weighted by atomic mass is 9.87. The van der Waals surface area contributed by atoms with Gasteiger partial charge < -0.3 is 14.4 Å². The molecule has 0 bridgehead atoms. The number of nitrogens with zero attached hydrogens (tertiary/aromatic N) is 2. The highest BCUT2D eigenvalue weighted by atomic mass is 16.6. The average Bonchev–Trinajstić information content (AvgIpc) is 3.32. The van der Waals surface area contributed by atoms with Crippen LogP contribution in [0.3, 0.4) is 0 Å². The summed E-state index contributed by atoms with van der Waals surface area (Å²) in [6.45, 7) is 2.95. The first-order valence-corrected chi connectivity index (χ1v) is 10.1. The van der Waals surface area contributed by atoms with Crippen LogP contribution in [0.4, 0.5) is 0 Å². The number of likely N-dealkylation sites (tertiary alicyclic amines) is 1. The van der Waals surface area contributed by atoms with Crippen molar-refractivity contribution in [3.63, 3.8) is 0 Å². The smallest absolute Gasteiger partial charge is 0.222 e. The minimum Gasteiger partial charge on any atom is -0.372 e. The lowest BCUT2D eigenvalue weighted by Gasteiger charge is -2.39. The number of aromatic nitrogens is 1. The van der Waals surface area contributed by atoms with Gasteiger partial charge in [0.1, 0.15) is 0 Å². The quantitative estimate of drug-likeness (QED) is 0.810. The molecule has 1 saturated carbocycles. The molecule has 1 aliphatic carbocycles. The zero-order valence-electron chi connectivity index (χ0n) is 15.6. The summed E-state index contributed by atoms with van der Waals surface area (Å²) in [4.78, 5) is 18.6. The fourth-order valence-corrected chi connectivity index (χ4v) is 4.71. The molecule has 0 unspecified atom stereocenters. The first kappa shape index (κ1) is 17.9. The van der Waals surface area contributed by atoms with Gasteiger partial charge in [-0.2, -0.15) is 0 Å². The van der Waals surface area contributed by atoms with Crippen molar-refractivity contribution in [3.8, 4) is 0 Å². The maximum absolute atomic E-state index is 12.5. The summed E-state index contributed by atoms with van der Waals surface area (Å²) in [6.07, 6.45) is 12.4. The largest absolute Gasteiger partial charge is 0.372 e. The molecule has 5 heteroatoms. The number of carbonyl (C=O) groups is 1. The van der Waals surface area contributed by atoms with E-state index in [1.165, 1.54) is 25.7 Å². The summed E-state index contributed by atoms with van der Waals surface area (Å²) in [6, 6.07) is 3.97. The van der Waals surface area contributed by atoms with E-state index in [1.54, 1.807) is 12.4 Å². The van der Waals surface area contributed by atoms with Crippen LogP contribution in [-0.4, -0.2) is 47.2 Å². The van der Waals surface area contributed by atoms with Crippen LogP contribution in [0.25, 0.3) is 0 Å². The van der Waals surface area contributed by atoms with Gasteiger partial charge in [0, 0.05) is 38.3 Å². The van der Waals surface area contributed by atoms with Crippen LogP contribution in [0.2, 0.25) is 0 Å². The van der Waals surface area contributed by atoms with Crippen molar-refractivity contribution < 1.29 is 14.3 Å². The van der Waals surface area contributed by atoms with Gasteiger partial charge in [-0.05, 0) is 49.3 Å². The Hall–Kier alpha value is -1.46. The van der Waals surface area contributed by atoms with Gasteiger partial charge in [-0.1, -0.05) is 12.8 Å². The third kappa shape index (κ3) is 4.26. The van der Waals surface area contributed by atoms with E-state index in [2.05, 4.69) is 9.88 Å². The number of pyridine rings is 1. The summed E-state index contributed by atoms with van der Waals surface area (Å²) in [5.74, 6) is 0.988. The molecule has 2 saturated heterocycles. The highest BCUT2D eigenvalue weighted by Crippen LogP contribution is 2.38. The highest BCUT2D eigenvalue weighted by Gasteiger charge is 2.43. The van der Waals surface area contributed by atoms with E-state index in [0.717, 1.165) is 44.3 Å². The number of hydrogen-bond donors (Lipinski definition) is 0. The van der Waals surface area contributed by atoms with E-state index in [1.807, 2.05) is 12.1 Å². The zero-order chi connectivity index (χ0) is 17.8. The summed E-state index contributed by atoms with van der Waals surface area (Å²) in [7, 11) is 0. The van der Waals surface area contributed by atoms with E-state index < -0.39 is 0 Å². The molecule has 0 radical (unpaired) electrons. The molecular formula is C21H30N2O3. The van der Waals surface area contributed by atoms with Crippen molar-refractivity contribution in [1.29, 1.82) is 0 Å². The van der Waals surface area contributed by atoms with Gasteiger partial charge in [0.25, 0.3) is 0 Å². The van der Waals surface area contributed by atoms with Gasteiger partial charge in [0.05, 0.1) is 24.9 Å². The Bertz CT molecular complexity index is 593. The van der Waals surface area contributed by atoms with Gasteiger partial charge in [-0.15, -0.1) is 0 Å². The summed E-state index contributed by atoms with van der Waals surface area (Å²) in [5.41, 5.74) is 1.07. The second-order valence-electron chi connectivity index (χ2n) is 8.22. The molecule has 2 aliphatic heterocycles. The van der Waals surface area contributed by atoms with Crippen LogP contribution >= 0.6 is 0 Å². The molecule has 1 aromatic heterocycles. The van der Waals surface area contributed by atoms with Gasteiger partial charge in [-0.3, -0.25) is 9.78 Å². The average molecular weight is 358 g/mol. The fourth-order valence-electron chi connectivity index (χ4n) is 4.71. The fraction of sp³-hybridized carbons (Fsp3) is 0.714. The van der Waals surface area contributed by atoms with Crippen molar-refractivity contribution in [2.75, 3.05) is 19.7 Å². The number of rotatable bonds is 5. The summed E-state index contributed by atoms with van der Waals surface area (Å²) in [5, 5.41) is 0. The maximum atomic E-state index is 12.5. The van der Waals surface area contributed by atoms with E-state index in [9.17, 15) is 4.79 Å². The molecule has 0 N–H and O–H groups in total. The normalized spacial score (nSPS) is 25.8. The second-order valence-corrected chi connectivity index (χ2v) is 8.22. The molecule has 4 rings (SSSR count). The van der Waals surface area contributed by atoms with E-state index in [-0.39, 0.29) is 11.7 Å². The Labute approximate surface area is 156 Å². The Morgan fingerprint density at radius 2 is 1.96 bits per heavy atom. The number of ether oxygens (including phenoxy) is 2. The maximum Gasteiger partial charge on any atom is 0.222 e. The van der Waals surface area contributed by atoms with Crippen molar-refractivity contribution in [2.45, 2.75) is 69.7 Å². The molecule has 1 aromatic rings. The van der Waals surface area contributed by atoms with Crippen molar-refractivity contribution in [2.24, 2.45) is 5.92 Å². The topological polar surface area (TPSA) is 51.7 Å². The molecule has 142 valence electrons. The second kappa shape index (κ2) is 8.05. The monoisotopic (exact) mass is 358 g/mol. The molecular weight excluding hydrogens is 328 g/mol. The minimum atomic E-state index is -0.0763. The zero-order valence-corrected chi connectivity index (χ0v) is 15.6.